The summed E-state index contributed by atoms with van der Waals surface area (Å²) in [5.41, 5.74) is 1.96. The first-order valence-electron chi connectivity index (χ1n) is 8.61. The maximum Gasteiger partial charge on any atom is 0.249 e. The summed E-state index contributed by atoms with van der Waals surface area (Å²) in [4.78, 5) is 0. The molecule has 0 bridgehead atoms. The molecule has 1 saturated carbocycles. The normalized spacial score (nSPS) is 18.3. The Morgan fingerprint density at radius 3 is 1.78 bits per heavy atom. The van der Waals surface area contributed by atoms with Crippen LogP contribution in [-0.2, 0) is 0 Å². The molecule has 1 aromatic carbocycles. The van der Waals surface area contributed by atoms with E-state index >= 15 is 0 Å². The predicted molar refractivity (Wildman–Crippen MR) is 94.8 cm³/mol. The van der Waals surface area contributed by atoms with E-state index in [4.69, 9.17) is 0 Å². The van der Waals surface area contributed by atoms with Crippen molar-refractivity contribution in [3.63, 3.8) is 0 Å². The molecule has 0 amide bonds. The van der Waals surface area contributed by atoms with Gasteiger partial charge < -0.3 is 5.32 Å². The lowest BCUT2D eigenvalue weighted by Gasteiger charge is -2.28. The van der Waals surface area contributed by atoms with E-state index in [1.54, 1.807) is 7.05 Å². The first-order valence-corrected chi connectivity index (χ1v) is 8.61. The molecule has 0 radical (unpaired) electrons. The first-order chi connectivity index (χ1) is 10.8. The zero-order chi connectivity index (χ0) is 18.5. The van der Waals surface area contributed by atoms with E-state index in [0.717, 1.165) is 17.5 Å². The highest BCUT2D eigenvalue weighted by Gasteiger charge is 2.35. The van der Waals surface area contributed by atoms with Crippen molar-refractivity contribution in [2.75, 3.05) is 7.05 Å². The van der Waals surface area contributed by atoms with Crippen LogP contribution in [0.5, 0.6) is 0 Å². The molecule has 1 unspecified atom stereocenters. The number of aryl methyl sites for hydroxylation is 2. The Balaban J connectivity index is 0. The summed E-state index contributed by atoms with van der Waals surface area (Å²) in [6.07, 6.45) is 1.64. The Morgan fingerprint density at radius 2 is 1.48 bits per heavy atom. The van der Waals surface area contributed by atoms with Crippen LogP contribution in [0.2, 0.25) is 0 Å². The van der Waals surface area contributed by atoms with Gasteiger partial charge in [-0.05, 0) is 57.0 Å². The van der Waals surface area contributed by atoms with E-state index in [2.05, 4.69) is 5.32 Å². The molecule has 1 atom stereocenters. The summed E-state index contributed by atoms with van der Waals surface area (Å²) in [6, 6.07) is 5.02. The number of hydrogen-bond donors (Lipinski definition) is 1. The Hall–Kier alpha value is -1.03. The molecule has 1 aromatic rings. The van der Waals surface area contributed by atoms with Gasteiger partial charge in [-0.25, -0.2) is 13.2 Å². The van der Waals surface area contributed by atoms with E-state index < -0.39 is 5.92 Å². The van der Waals surface area contributed by atoms with Crippen molar-refractivity contribution in [2.45, 2.75) is 79.2 Å². The third kappa shape index (κ3) is 12.1. The van der Waals surface area contributed by atoms with Gasteiger partial charge in [0.05, 0.1) is 0 Å². The number of rotatable bonds is 1. The third-order valence-electron chi connectivity index (χ3n) is 3.23. The molecule has 4 heteroatoms. The lowest BCUT2D eigenvalue weighted by molar-refractivity contribution is -0.0432. The van der Waals surface area contributed by atoms with Crippen molar-refractivity contribution in [1.82, 2.24) is 5.32 Å². The standard InChI is InChI=1S/C8H9F.C7H13F2N.2C2H6/c1-6-3-7(2)5-8(9)4-6;1-10-6-3-2-4-7(8,9)5-6;2*1-2/h3-5H,1-2H3;6,10H,2-5H2,1H3;2*1-2H3. The lowest BCUT2D eigenvalue weighted by atomic mass is 9.92. The number of hydrogen-bond acceptors (Lipinski definition) is 1. The zero-order valence-electron chi connectivity index (χ0n) is 15.8. The van der Waals surface area contributed by atoms with Crippen molar-refractivity contribution < 1.29 is 13.2 Å². The molecule has 0 spiro atoms. The molecule has 23 heavy (non-hydrogen) atoms. The molecule has 1 nitrogen and oxygen atoms in total. The molecular formula is C19H34F3N. The van der Waals surface area contributed by atoms with Crippen molar-refractivity contribution in [3.8, 4) is 0 Å². The summed E-state index contributed by atoms with van der Waals surface area (Å²) >= 11 is 0. The molecule has 0 heterocycles. The average molecular weight is 333 g/mol. The van der Waals surface area contributed by atoms with E-state index in [1.807, 2.05) is 47.6 Å². The molecule has 1 aliphatic carbocycles. The Morgan fingerprint density at radius 1 is 1.00 bits per heavy atom. The lowest BCUT2D eigenvalue weighted by Crippen LogP contribution is -2.37. The Bertz CT molecular complexity index is 355. The van der Waals surface area contributed by atoms with Gasteiger partial charge in [0, 0.05) is 18.9 Å². The maximum atomic E-state index is 12.6. The van der Waals surface area contributed by atoms with Crippen LogP contribution in [0.25, 0.3) is 0 Å². The quantitative estimate of drug-likeness (QED) is 0.638. The predicted octanol–water partition coefficient (Wildman–Crippen LogP) is 6.28. The highest BCUT2D eigenvalue weighted by molar-refractivity contribution is 5.21. The Labute approximate surface area is 140 Å². The van der Waals surface area contributed by atoms with Crippen molar-refractivity contribution in [3.05, 3.63) is 35.1 Å². The minimum atomic E-state index is -2.41. The largest absolute Gasteiger partial charge is 0.317 e. The van der Waals surface area contributed by atoms with Gasteiger partial charge >= 0.3 is 0 Å². The summed E-state index contributed by atoms with van der Waals surface area (Å²) in [7, 11) is 1.74. The van der Waals surface area contributed by atoms with Crippen LogP contribution >= 0.6 is 0 Å². The van der Waals surface area contributed by atoms with Gasteiger partial charge in [-0.1, -0.05) is 33.8 Å². The molecule has 1 aliphatic rings. The molecule has 0 aromatic heterocycles. The highest BCUT2D eigenvalue weighted by Crippen LogP contribution is 2.32. The molecule has 0 aliphatic heterocycles. The van der Waals surface area contributed by atoms with E-state index in [0.29, 0.717) is 6.42 Å². The summed E-state index contributed by atoms with van der Waals surface area (Å²) in [5, 5.41) is 2.88. The van der Waals surface area contributed by atoms with Gasteiger partial charge in [0.1, 0.15) is 5.82 Å². The molecular weight excluding hydrogens is 299 g/mol. The van der Waals surface area contributed by atoms with Crippen LogP contribution in [0.1, 0.15) is 64.5 Å². The third-order valence-corrected chi connectivity index (χ3v) is 3.23. The summed E-state index contributed by atoms with van der Waals surface area (Å²) in [5.74, 6) is -2.56. The zero-order valence-corrected chi connectivity index (χ0v) is 15.8. The second-order valence-corrected chi connectivity index (χ2v) is 5.24. The van der Waals surface area contributed by atoms with Crippen LogP contribution in [0.4, 0.5) is 13.2 Å². The fourth-order valence-corrected chi connectivity index (χ4v) is 2.34. The fraction of sp³-hybridized carbons (Fsp3) is 0.684. The maximum absolute atomic E-state index is 12.6. The second-order valence-electron chi connectivity index (χ2n) is 5.24. The number of benzene rings is 1. The number of halogens is 3. The van der Waals surface area contributed by atoms with Gasteiger partial charge in [-0.15, -0.1) is 0 Å². The van der Waals surface area contributed by atoms with E-state index in [9.17, 15) is 13.2 Å². The first kappa shape index (κ1) is 24.2. The average Bonchev–Trinajstić information content (AvgIpc) is 2.49. The number of alkyl halides is 2. The monoisotopic (exact) mass is 333 g/mol. The second kappa shape index (κ2) is 13.4. The van der Waals surface area contributed by atoms with Crippen molar-refractivity contribution in [2.24, 2.45) is 0 Å². The molecule has 1 fully saturated rings. The van der Waals surface area contributed by atoms with Crippen molar-refractivity contribution >= 4 is 0 Å². The molecule has 0 saturated heterocycles. The van der Waals surface area contributed by atoms with Gasteiger partial charge in [-0.2, -0.15) is 0 Å². The summed E-state index contributed by atoms with van der Waals surface area (Å²) < 4.78 is 37.6. The van der Waals surface area contributed by atoms with Crippen LogP contribution in [0.15, 0.2) is 18.2 Å². The van der Waals surface area contributed by atoms with Gasteiger partial charge in [0.15, 0.2) is 0 Å². The van der Waals surface area contributed by atoms with Crippen LogP contribution in [0, 0.1) is 19.7 Å². The minimum Gasteiger partial charge on any atom is -0.317 e. The molecule has 1 N–H and O–H groups in total. The van der Waals surface area contributed by atoms with Gasteiger partial charge in [-0.3, -0.25) is 0 Å². The van der Waals surface area contributed by atoms with E-state index in [-0.39, 0.29) is 24.7 Å². The fourth-order valence-electron chi connectivity index (χ4n) is 2.34. The van der Waals surface area contributed by atoms with Crippen LogP contribution in [0.3, 0.4) is 0 Å². The topological polar surface area (TPSA) is 12.0 Å². The highest BCUT2D eigenvalue weighted by atomic mass is 19.3. The van der Waals surface area contributed by atoms with E-state index in [1.165, 1.54) is 12.1 Å². The minimum absolute atomic E-state index is 0.0174. The van der Waals surface area contributed by atoms with Gasteiger partial charge in [0.25, 0.3) is 0 Å². The summed E-state index contributed by atoms with van der Waals surface area (Å²) in [6.45, 7) is 11.8. The smallest absolute Gasteiger partial charge is 0.249 e. The van der Waals surface area contributed by atoms with Crippen LogP contribution in [-0.4, -0.2) is 19.0 Å². The number of nitrogens with one attached hydrogen (secondary N) is 1. The molecule has 136 valence electrons. The SMILES string of the molecule is CC.CC.CNC1CCCC(F)(F)C1.Cc1cc(C)cc(F)c1. The molecule has 2 rings (SSSR count). The van der Waals surface area contributed by atoms with Gasteiger partial charge in [0.2, 0.25) is 5.92 Å². The van der Waals surface area contributed by atoms with Crippen LogP contribution < -0.4 is 5.32 Å². The van der Waals surface area contributed by atoms with Crippen molar-refractivity contribution in [1.29, 1.82) is 0 Å². The Kier molecular flexibility index (Phi) is 14.1.